The van der Waals surface area contributed by atoms with Crippen molar-refractivity contribution in [2.24, 2.45) is 0 Å². The van der Waals surface area contributed by atoms with Crippen LogP contribution in [0.25, 0.3) is 0 Å². The molecule has 2 N–H and O–H groups in total. The van der Waals surface area contributed by atoms with Gasteiger partial charge in [-0.1, -0.05) is 6.07 Å². The van der Waals surface area contributed by atoms with E-state index in [0.717, 1.165) is 17.3 Å². The fourth-order valence-electron chi connectivity index (χ4n) is 2.40. The summed E-state index contributed by atoms with van der Waals surface area (Å²) in [6.45, 7) is 4.04. The summed E-state index contributed by atoms with van der Waals surface area (Å²) in [5.41, 5.74) is 3.98. The van der Waals surface area contributed by atoms with Crippen LogP contribution in [-0.4, -0.2) is 10.9 Å². The van der Waals surface area contributed by atoms with E-state index < -0.39 is 17.5 Å². The van der Waals surface area contributed by atoms with E-state index in [-0.39, 0.29) is 11.3 Å². The normalized spacial score (nSPS) is 10.5. The predicted molar refractivity (Wildman–Crippen MR) is 97.7 cm³/mol. The zero-order valence-corrected chi connectivity index (χ0v) is 14.3. The maximum Gasteiger partial charge on any atom is 0.257 e. The van der Waals surface area contributed by atoms with Crippen LogP contribution in [0.15, 0.2) is 54.9 Å². The molecule has 0 fully saturated rings. The van der Waals surface area contributed by atoms with Crippen molar-refractivity contribution >= 4 is 23.0 Å². The van der Waals surface area contributed by atoms with E-state index in [1.807, 2.05) is 32.0 Å². The maximum absolute atomic E-state index is 13.7. The van der Waals surface area contributed by atoms with E-state index in [1.165, 1.54) is 17.8 Å². The van der Waals surface area contributed by atoms with Crippen molar-refractivity contribution in [3.63, 3.8) is 0 Å². The van der Waals surface area contributed by atoms with Crippen molar-refractivity contribution in [2.45, 2.75) is 13.8 Å². The smallest absolute Gasteiger partial charge is 0.257 e. The number of aryl methyl sites for hydroxylation is 2. The summed E-state index contributed by atoms with van der Waals surface area (Å²) in [5, 5.41) is 5.60. The first-order valence-electron chi connectivity index (χ1n) is 7.98. The monoisotopic (exact) mass is 353 g/mol. The second kappa shape index (κ2) is 7.31. The third-order valence-corrected chi connectivity index (χ3v) is 3.98. The average Bonchev–Trinajstić information content (AvgIpc) is 2.61. The van der Waals surface area contributed by atoms with Gasteiger partial charge in [-0.15, -0.1) is 0 Å². The molecule has 3 rings (SSSR count). The summed E-state index contributed by atoms with van der Waals surface area (Å²) < 4.78 is 26.6. The number of hydrogen-bond donors (Lipinski definition) is 2. The van der Waals surface area contributed by atoms with Gasteiger partial charge in [-0.3, -0.25) is 9.78 Å². The molecule has 132 valence electrons. The molecule has 0 atom stereocenters. The largest absolute Gasteiger partial charge is 0.354 e. The van der Waals surface area contributed by atoms with E-state index in [2.05, 4.69) is 15.6 Å². The fourth-order valence-corrected chi connectivity index (χ4v) is 2.40. The van der Waals surface area contributed by atoms with Gasteiger partial charge < -0.3 is 10.6 Å². The lowest BCUT2D eigenvalue weighted by molar-refractivity contribution is 0.102. The number of aromatic nitrogens is 1. The topological polar surface area (TPSA) is 54.0 Å². The van der Waals surface area contributed by atoms with Gasteiger partial charge in [0.15, 0.2) is 0 Å². The third-order valence-electron chi connectivity index (χ3n) is 3.98. The van der Waals surface area contributed by atoms with Gasteiger partial charge >= 0.3 is 0 Å². The zero-order valence-electron chi connectivity index (χ0n) is 14.3. The average molecular weight is 353 g/mol. The quantitative estimate of drug-likeness (QED) is 0.696. The summed E-state index contributed by atoms with van der Waals surface area (Å²) in [4.78, 5) is 16.4. The SMILES string of the molecule is Cc1ccc(Nc2cncc(C(=O)Nc3ccc(F)cc3F)c2)cc1C. The van der Waals surface area contributed by atoms with E-state index >= 15 is 0 Å². The highest BCUT2D eigenvalue weighted by atomic mass is 19.1. The van der Waals surface area contributed by atoms with Gasteiger partial charge in [-0.2, -0.15) is 0 Å². The van der Waals surface area contributed by atoms with Crippen molar-refractivity contribution in [2.75, 3.05) is 10.6 Å². The number of pyridine rings is 1. The highest BCUT2D eigenvalue weighted by Crippen LogP contribution is 2.21. The first kappa shape index (κ1) is 17.5. The fraction of sp³-hybridized carbons (Fsp3) is 0.100. The lowest BCUT2D eigenvalue weighted by Crippen LogP contribution is -2.13. The molecule has 0 saturated carbocycles. The summed E-state index contributed by atoms with van der Waals surface area (Å²) in [6, 6.07) is 10.5. The molecule has 26 heavy (non-hydrogen) atoms. The Morgan fingerprint density at radius 3 is 2.46 bits per heavy atom. The highest BCUT2D eigenvalue weighted by molar-refractivity contribution is 6.04. The molecule has 1 amide bonds. The van der Waals surface area contributed by atoms with Crippen molar-refractivity contribution in [1.82, 2.24) is 4.98 Å². The first-order chi connectivity index (χ1) is 12.4. The minimum absolute atomic E-state index is 0.0936. The van der Waals surface area contributed by atoms with Crippen LogP contribution in [0.4, 0.5) is 25.8 Å². The molecule has 0 aliphatic rings. The minimum atomic E-state index is -0.837. The number of halogens is 2. The number of anilines is 3. The first-order valence-corrected chi connectivity index (χ1v) is 7.98. The van der Waals surface area contributed by atoms with Crippen molar-refractivity contribution in [1.29, 1.82) is 0 Å². The lowest BCUT2D eigenvalue weighted by Gasteiger charge is -2.10. The molecule has 0 radical (unpaired) electrons. The number of carbonyl (C=O) groups is 1. The highest BCUT2D eigenvalue weighted by Gasteiger charge is 2.11. The van der Waals surface area contributed by atoms with Gasteiger partial charge in [0.2, 0.25) is 0 Å². The summed E-state index contributed by atoms with van der Waals surface area (Å²) in [7, 11) is 0. The Hall–Kier alpha value is -3.28. The number of carbonyl (C=O) groups excluding carboxylic acids is 1. The Kier molecular flexibility index (Phi) is 4.93. The van der Waals surface area contributed by atoms with Crippen molar-refractivity contribution < 1.29 is 13.6 Å². The summed E-state index contributed by atoms with van der Waals surface area (Å²) in [6.07, 6.45) is 2.97. The molecule has 2 aromatic carbocycles. The van der Waals surface area contributed by atoms with Gasteiger partial charge in [-0.05, 0) is 55.3 Å². The molecule has 0 spiro atoms. The molecule has 1 heterocycles. The molecule has 0 bridgehead atoms. The van der Waals surface area contributed by atoms with Gasteiger partial charge in [0.1, 0.15) is 11.6 Å². The van der Waals surface area contributed by atoms with E-state index in [4.69, 9.17) is 0 Å². The third kappa shape index (κ3) is 4.03. The molecule has 0 aliphatic heterocycles. The molecule has 0 unspecified atom stereocenters. The number of rotatable bonds is 4. The van der Waals surface area contributed by atoms with Crippen LogP contribution >= 0.6 is 0 Å². The summed E-state index contributed by atoms with van der Waals surface area (Å²) in [5.74, 6) is -2.08. The van der Waals surface area contributed by atoms with Crippen molar-refractivity contribution in [3.05, 3.63) is 83.2 Å². The standard InChI is InChI=1S/C20H17F2N3O/c1-12-3-5-16(7-13(12)2)24-17-8-14(10-23-11-17)20(26)25-19-6-4-15(21)9-18(19)22/h3-11,24H,1-2H3,(H,25,26). The Morgan fingerprint density at radius 1 is 0.923 bits per heavy atom. The minimum Gasteiger partial charge on any atom is -0.354 e. The number of hydrogen-bond acceptors (Lipinski definition) is 3. The summed E-state index contributed by atoms with van der Waals surface area (Å²) >= 11 is 0. The van der Waals surface area contributed by atoms with Crippen LogP contribution in [0.5, 0.6) is 0 Å². The van der Waals surface area contributed by atoms with Crippen LogP contribution in [-0.2, 0) is 0 Å². The molecule has 0 aliphatic carbocycles. The van der Waals surface area contributed by atoms with E-state index in [0.29, 0.717) is 11.8 Å². The molecular formula is C20H17F2N3O. The van der Waals surface area contributed by atoms with E-state index in [1.54, 1.807) is 12.3 Å². The zero-order chi connectivity index (χ0) is 18.7. The number of benzene rings is 2. The lowest BCUT2D eigenvalue weighted by atomic mass is 10.1. The van der Waals surface area contributed by atoms with Crippen molar-refractivity contribution in [3.8, 4) is 0 Å². The van der Waals surface area contributed by atoms with Crippen LogP contribution in [0, 0.1) is 25.5 Å². The van der Waals surface area contributed by atoms with Crippen LogP contribution in [0.1, 0.15) is 21.5 Å². The van der Waals surface area contributed by atoms with Crippen LogP contribution < -0.4 is 10.6 Å². The Balaban J connectivity index is 1.77. The maximum atomic E-state index is 13.7. The second-order valence-electron chi connectivity index (χ2n) is 5.96. The second-order valence-corrected chi connectivity index (χ2v) is 5.96. The molecule has 1 aromatic heterocycles. The number of nitrogens with one attached hydrogen (secondary N) is 2. The van der Waals surface area contributed by atoms with Crippen LogP contribution in [0.2, 0.25) is 0 Å². The molecule has 4 nitrogen and oxygen atoms in total. The van der Waals surface area contributed by atoms with Gasteiger partial charge in [0.05, 0.1) is 23.1 Å². The van der Waals surface area contributed by atoms with E-state index in [9.17, 15) is 13.6 Å². The van der Waals surface area contributed by atoms with Gasteiger partial charge in [-0.25, -0.2) is 8.78 Å². The Morgan fingerprint density at radius 2 is 1.73 bits per heavy atom. The van der Waals surface area contributed by atoms with Gasteiger partial charge in [0.25, 0.3) is 5.91 Å². The molecular weight excluding hydrogens is 336 g/mol. The number of amides is 1. The molecule has 6 heteroatoms. The predicted octanol–water partition coefficient (Wildman–Crippen LogP) is 4.97. The number of nitrogens with zero attached hydrogens (tertiary/aromatic N) is 1. The van der Waals surface area contributed by atoms with Gasteiger partial charge in [0, 0.05) is 18.0 Å². The Labute approximate surface area is 149 Å². The Bertz CT molecular complexity index is 973. The molecule has 3 aromatic rings. The molecule has 0 saturated heterocycles. The van der Waals surface area contributed by atoms with Crippen LogP contribution in [0.3, 0.4) is 0 Å².